The number of nitrogens with one attached hydrogen (secondary N) is 2. The number of carbonyl (C=O) groups is 2. The van der Waals surface area contributed by atoms with Crippen LogP contribution in [0.5, 0.6) is 23.0 Å². The average Bonchev–Trinajstić information content (AvgIpc) is 2.88. The average molecular weight is 404 g/mol. The van der Waals surface area contributed by atoms with Crippen molar-refractivity contribution in [2.45, 2.75) is 6.92 Å². The highest BCUT2D eigenvalue weighted by atomic mass is 16.5. The summed E-state index contributed by atoms with van der Waals surface area (Å²) >= 11 is 0. The first-order chi connectivity index (χ1) is 14.5. The molecule has 30 heavy (non-hydrogen) atoms. The van der Waals surface area contributed by atoms with E-state index in [1.807, 2.05) is 25.1 Å². The Bertz CT molecular complexity index is 1110. The van der Waals surface area contributed by atoms with Crippen LogP contribution in [0.4, 0.5) is 11.4 Å². The number of hydrogen-bond acceptors (Lipinski definition) is 5. The third-order valence-corrected chi connectivity index (χ3v) is 4.54. The first kappa shape index (κ1) is 19.3. The van der Waals surface area contributed by atoms with Gasteiger partial charge in [0.1, 0.15) is 17.2 Å². The fraction of sp³-hybridized carbons (Fsp3) is 0.130. The number of benzene rings is 3. The molecule has 0 saturated carbocycles. The fourth-order valence-electron chi connectivity index (χ4n) is 3.03. The Morgan fingerprint density at radius 2 is 1.73 bits per heavy atom. The fourth-order valence-corrected chi connectivity index (χ4v) is 3.03. The van der Waals surface area contributed by atoms with E-state index in [1.165, 1.54) is 0 Å². The van der Waals surface area contributed by atoms with Gasteiger partial charge in [-0.2, -0.15) is 0 Å². The lowest BCUT2D eigenvalue weighted by atomic mass is 10.1. The second kappa shape index (κ2) is 8.16. The highest BCUT2D eigenvalue weighted by molar-refractivity contribution is 6.09. The summed E-state index contributed by atoms with van der Waals surface area (Å²) < 4.78 is 16.4. The van der Waals surface area contributed by atoms with E-state index in [0.29, 0.717) is 39.9 Å². The summed E-state index contributed by atoms with van der Waals surface area (Å²) in [5, 5.41) is 5.58. The standard InChI is InChI=1S/C23H20N2O5/c1-14-3-9-21-19(11-14)25-23(27)18-12-15(4-10-20(18)30-21)24-22(26)13-29-17-7-5-16(28-2)6-8-17/h3-12H,13H2,1-2H3,(H,24,26)(H,25,27). The Kier molecular flexibility index (Phi) is 5.26. The van der Waals surface area contributed by atoms with Crippen molar-refractivity contribution >= 4 is 23.2 Å². The molecule has 0 radical (unpaired) electrons. The number of ether oxygens (including phenoxy) is 3. The van der Waals surface area contributed by atoms with Crippen LogP contribution in [0.25, 0.3) is 0 Å². The molecule has 7 heteroatoms. The number of hydrogen-bond donors (Lipinski definition) is 2. The third kappa shape index (κ3) is 4.20. The minimum absolute atomic E-state index is 0.170. The lowest BCUT2D eigenvalue weighted by Crippen LogP contribution is -2.20. The van der Waals surface area contributed by atoms with Crippen LogP contribution < -0.4 is 24.8 Å². The molecular weight excluding hydrogens is 384 g/mol. The van der Waals surface area contributed by atoms with Gasteiger partial charge in [-0.15, -0.1) is 0 Å². The summed E-state index contributed by atoms with van der Waals surface area (Å²) in [6, 6.07) is 17.4. The lowest BCUT2D eigenvalue weighted by Gasteiger charge is -2.11. The van der Waals surface area contributed by atoms with E-state index in [9.17, 15) is 9.59 Å². The van der Waals surface area contributed by atoms with E-state index >= 15 is 0 Å². The number of anilines is 2. The minimum Gasteiger partial charge on any atom is -0.497 e. The Morgan fingerprint density at radius 3 is 2.50 bits per heavy atom. The molecule has 2 N–H and O–H groups in total. The molecule has 0 bridgehead atoms. The molecule has 4 rings (SSSR count). The molecule has 3 aromatic rings. The Labute approximate surface area is 173 Å². The molecule has 152 valence electrons. The topological polar surface area (TPSA) is 85.9 Å². The predicted octanol–water partition coefficient (Wildman–Crippen LogP) is 4.38. The van der Waals surface area contributed by atoms with E-state index in [0.717, 1.165) is 5.56 Å². The predicted molar refractivity (Wildman–Crippen MR) is 113 cm³/mol. The van der Waals surface area contributed by atoms with Crippen LogP contribution in [0.2, 0.25) is 0 Å². The number of fused-ring (bicyclic) bond motifs is 2. The van der Waals surface area contributed by atoms with Gasteiger partial charge in [0.15, 0.2) is 12.4 Å². The highest BCUT2D eigenvalue weighted by Crippen LogP contribution is 2.37. The molecule has 0 spiro atoms. The van der Waals surface area contributed by atoms with Gasteiger partial charge in [0.05, 0.1) is 18.4 Å². The molecule has 3 aromatic carbocycles. The van der Waals surface area contributed by atoms with Crippen molar-refractivity contribution in [1.82, 2.24) is 0 Å². The van der Waals surface area contributed by atoms with Gasteiger partial charge in [0.2, 0.25) is 0 Å². The molecule has 0 atom stereocenters. The van der Waals surface area contributed by atoms with E-state index < -0.39 is 0 Å². The Balaban J connectivity index is 1.44. The number of carbonyl (C=O) groups excluding carboxylic acids is 2. The van der Waals surface area contributed by atoms with Crippen LogP contribution in [0.3, 0.4) is 0 Å². The Morgan fingerprint density at radius 1 is 1.00 bits per heavy atom. The van der Waals surface area contributed by atoms with E-state index in [-0.39, 0.29) is 18.4 Å². The molecule has 1 aliphatic heterocycles. The summed E-state index contributed by atoms with van der Waals surface area (Å²) in [5.74, 6) is 1.59. The zero-order chi connectivity index (χ0) is 21.1. The zero-order valence-corrected chi connectivity index (χ0v) is 16.5. The van der Waals surface area contributed by atoms with Crippen LogP contribution in [0.1, 0.15) is 15.9 Å². The number of aryl methyl sites for hydroxylation is 1. The van der Waals surface area contributed by atoms with Gasteiger partial charge in [-0.25, -0.2) is 0 Å². The van der Waals surface area contributed by atoms with Gasteiger partial charge in [0, 0.05) is 5.69 Å². The molecule has 7 nitrogen and oxygen atoms in total. The molecule has 2 amide bonds. The summed E-state index contributed by atoms with van der Waals surface area (Å²) in [4.78, 5) is 24.9. The number of amides is 2. The van der Waals surface area contributed by atoms with E-state index in [2.05, 4.69) is 10.6 Å². The second-order valence-electron chi connectivity index (χ2n) is 6.78. The summed E-state index contributed by atoms with van der Waals surface area (Å²) in [7, 11) is 1.58. The highest BCUT2D eigenvalue weighted by Gasteiger charge is 2.21. The van der Waals surface area contributed by atoms with Crippen LogP contribution in [0.15, 0.2) is 60.7 Å². The normalized spacial score (nSPS) is 11.9. The van der Waals surface area contributed by atoms with E-state index in [4.69, 9.17) is 14.2 Å². The van der Waals surface area contributed by atoms with Crippen LogP contribution in [-0.4, -0.2) is 25.5 Å². The van der Waals surface area contributed by atoms with Crippen molar-refractivity contribution in [3.63, 3.8) is 0 Å². The van der Waals surface area contributed by atoms with Crippen molar-refractivity contribution in [3.05, 3.63) is 71.8 Å². The molecule has 0 saturated heterocycles. The monoisotopic (exact) mass is 404 g/mol. The van der Waals surface area contributed by atoms with Crippen LogP contribution in [0, 0.1) is 6.92 Å². The number of methoxy groups -OCH3 is 1. The summed E-state index contributed by atoms with van der Waals surface area (Å²) in [6.07, 6.45) is 0. The van der Waals surface area contributed by atoms with Gasteiger partial charge in [-0.3, -0.25) is 9.59 Å². The van der Waals surface area contributed by atoms with Gasteiger partial charge >= 0.3 is 0 Å². The molecule has 0 fully saturated rings. The lowest BCUT2D eigenvalue weighted by molar-refractivity contribution is -0.118. The first-order valence-electron chi connectivity index (χ1n) is 9.32. The Hall–Kier alpha value is -4.00. The smallest absolute Gasteiger partial charge is 0.262 e. The molecule has 0 unspecified atom stereocenters. The minimum atomic E-state index is -0.348. The van der Waals surface area contributed by atoms with Crippen molar-refractivity contribution in [2.75, 3.05) is 24.4 Å². The first-order valence-corrected chi connectivity index (χ1v) is 9.32. The van der Waals surface area contributed by atoms with Crippen molar-refractivity contribution in [2.24, 2.45) is 0 Å². The van der Waals surface area contributed by atoms with Crippen molar-refractivity contribution in [1.29, 1.82) is 0 Å². The maximum absolute atomic E-state index is 12.6. The maximum Gasteiger partial charge on any atom is 0.262 e. The van der Waals surface area contributed by atoms with Gasteiger partial charge in [-0.05, 0) is 67.1 Å². The maximum atomic E-state index is 12.6. The van der Waals surface area contributed by atoms with Crippen LogP contribution in [-0.2, 0) is 4.79 Å². The van der Waals surface area contributed by atoms with Crippen LogP contribution >= 0.6 is 0 Å². The summed E-state index contributed by atoms with van der Waals surface area (Å²) in [5.41, 5.74) is 2.42. The number of rotatable bonds is 5. The SMILES string of the molecule is COc1ccc(OCC(=O)Nc2ccc3c(c2)C(=O)Nc2cc(C)ccc2O3)cc1. The zero-order valence-electron chi connectivity index (χ0n) is 16.5. The van der Waals surface area contributed by atoms with Gasteiger partial charge < -0.3 is 24.8 Å². The largest absolute Gasteiger partial charge is 0.497 e. The molecular formula is C23H20N2O5. The van der Waals surface area contributed by atoms with Crippen molar-refractivity contribution < 1.29 is 23.8 Å². The van der Waals surface area contributed by atoms with E-state index in [1.54, 1.807) is 49.6 Å². The molecule has 0 aliphatic carbocycles. The molecule has 0 aromatic heterocycles. The third-order valence-electron chi connectivity index (χ3n) is 4.54. The summed E-state index contributed by atoms with van der Waals surface area (Å²) in [6.45, 7) is 1.77. The van der Waals surface area contributed by atoms with Gasteiger partial charge in [0.25, 0.3) is 11.8 Å². The van der Waals surface area contributed by atoms with Crippen molar-refractivity contribution in [3.8, 4) is 23.0 Å². The van der Waals surface area contributed by atoms with Gasteiger partial charge in [-0.1, -0.05) is 6.07 Å². The molecule has 1 aliphatic rings. The quantitative estimate of drug-likeness (QED) is 0.659. The second-order valence-corrected chi connectivity index (χ2v) is 6.78. The molecule has 1 heterocycles.